The number of ether oxygens (including phenoxy) is 1. The van der Waals surface area contributed by atoms with E-state index < -0.39 is 0 Å². The summed E-state index contributed by atoms with van der Waals surface area (Å²) >= 11 is 0. The summed E-state index contributed by atoms with van der Waals surface area (Å²) in [7, 11) is 1.97. The van der Waals surface area contributed by atoms with Crippen LogP contribution in [0.25, 0.3) is 22.2 Å². The van der Waals surface area contributed by atoms with Gasteiger partial charge in [0.15, 0.2) is 0 Å². The van der Waals surface area contributed by atoms with Gasteiger partial charge in [0.2, 0.25) is 5.91 Å². The van der Waals surface area contributed by atoms with Gasteiger partial charge in [-0.2, -0.15) is 0 Å². The highest BCUT2D eigenvalue weighted by atomic mass is 16.5. The van der Waals surface area contributed by atoms with Crippen molar-refractivity contribution < 1.29 is 14.3 Å². The molecular formula is C27H24N6O3. The Hall–Kier alpha value is -4.24. The van der Waals surface area contributed by atoms with Gasteiger partial charge in [0, 0.05) is 37.3 Å². The largest absolute Gasteiger partial charge is 0.380 e. The van der Waals surface area contributed by atoms with Crippen LogP contribution in [0, 0.1) is 5.92 Å². The number of benzene rings is 1. The molecule has 1 fully saturated rings. The van der Waals surface area contributed by atoms with Crippen LogP contribution in [0.4, 0.5) is 11.5 Å². The fourth-order valence-electron chi connectivity index (χ4n) is 5.72. The topological polar surface area (TPSA) is 110 Å². The number of rotatable bonds is 3. The van der Waals surface area contributed by atoms with Gasteiger partial charge in [-0.25, -0.2) is 9.97 Å². The Bertz CT molecular complexity index is 1580. The number of aromatic nitrogens is 3. The van der Waals surface area contributed by atoms with Gasteiger partial charge in [-0.1, -0.05) is 12.1 Å². The molecule has 1 aromatic carbocycles. The van der Waals surface area contributed by atoms with E-state index in [-0.39, 0.29) is 23.7 Å². The number of amides is 2. The van der Waals surface area contributed by atoms with Gasteiger partial charge >= 0.3 is 0 Å². The van der Waals surface area contributed by atoms with E-state index >= 15 is 0 Å². The quantitative estimate of drug-likeness (QED) is 0.416. The van der Waals surface area contributed by atoms with Crippen LogP contribution in [0.15, 0.2) is 48.8 Å². The number of nitrogens with one attached hydrogen (secondary N) is 3. The van der Waals surface area contributed by atoms with Crippen LogP contribution in [0.5, 0.6) is 0 Å². The maximum Gasteiger partial charge on any atom is 0.254 e. The lowest BCUT2D eigenvalue weighted by atomic mass is 9.88. The molecular weight excluding hydrogens is 456 g/mol. The molecule has 9 nitrogen and oxygen atoms in total. The molecule has 3 aliphatic heterocycles. The van der Waals surface area contributed by atoms with Crippen molar-refractivity contribution in [2.24, 2.45) is 13.0 Å². The minimum absolute atomic E-state index is 0.0127. The normalized spacial score (nSPS) is 20.4. The van der Waals surface area contributed by atoms with Gasteiger partial charge in [0.25, 0.3) is 5.91 Å². The third-order valence-electron chi connectivity index (χ3n) is 7.54. The lowest BCUT2D eigenvalue weighted by molar-refractivity contribution is -0.125. The van der Waals surface area contributed by atoms with E-state index in [0.29, 0.717) is 43.4 Å². The van der Waals surface area contributed by atoms with E-state index in [9.17, 15) is 9.59 Å². The smallest absolute Gasteiger partial charge is 0.254 e. The summed E-state index contributed by atoms with van der Waals surface area (Å²) < 4.78 is 7.58. The molecule has 7 rings (SSSR count). The molecule has 3 aromatic heterocycles. The van der Waals surface area contributed by atoms with Gasteiger partial charge in [0.1, 0.15) is 11.5 Å². The van der Waals surface area contributed by atoms with Crippen LogP contribution in [0.2, 0.25) is 0 Å². The summed E-state index contributed by atoms with van der Waals surface area (Å²) in [5, 5.41) is 10.4. The van der Waals surface area contributed by atoms with Crippen molar-refractivity contribution in [2.45, 2.75) is 19.0 Å². The van der Waals surface area contributed by atoms with Crippen LogP contribution < -0.4 is 16.0 Å². The molecule has 0 aliphatic carbocycles. The number of carbonyl (C=O) groups is 2. The maximum absolute atomic E-state index is 12.9. The summed E-state index contributed by atoms with van der Waals surface area (Å²) in [6, 6.07) is 12.0. The standard InChI is InChI=1S/C27H24N6O3/c1-33-9-7-17-15(6-8-28-25(17)33)14-2-4-21(24-18(14)10-29-27(24)35)31-23-5-3-16-19-12-36-13-20(19)26(34)30-11-22(16)32-23/h2-9,19-20H,10-13H2,1H3,(H,29,35)(H,30,34)(H,31,32)/t19-,20+/m1/s1. The Morgan fingerprint density at radius 1 is 1.00 bits per heavy atom. The van der Waals surface area contributed by atoms with Gasteiger partial charge < -0.3 is 25.3 Å². The molecule has 3 N–H and O–H groups in total. The van der Waals surface area contributed by atoms with Gasteiger partial charge in [-0.3, -0.25) is 9.59 Å². The van der Waals surface area contributed by atoms with Crippen molar-refractivity contribution in [3.05, 3.63) is 71.2 Å². The molecule has 180 valence electrons. The highest BCUT2D eigenvalue weighted by Gasteiger charge is 2.38. The third-order valence-corrected chi connectivity index (χ3v) is 7.54. The van der Waals surface area contributed by atoms with E-state index in [1.807, 2.05) is 48.1 Å². The Labute approximate surface area is 206 Å². The first-order valence-corrected chi connectivity index (χ1v) is 12.1. The molecule has 0 saturated carbocycles. The van der Waals surface area contributed by atoms with Crippen molar-refractivity contribution in [3.63, 3.8) is 0 Å². The van der Waals surface area contributed by atoms with Gasteiger partial charge in [-0.15, -0.1) is 0 Å². The molecule has 2 amide bonds. The Kier molecular flexibility index (Phi) is 4.62. The minimum Gasteiger partial charge on any atom is -0.380 e. The molecule has 0 unspecified atom stereocenters. The number of hydrogen-bond donors (Lipinski definition) is 3. The maximum atomic E-state index is 12.9. The predicted molar refractivity (Wildman–Crippen MR) is 134 cm³/mol. The molecule has 4 aromatic rings. The zero-order valence-corrected chi connectivity index (χ0v) is 19.7. The molecule has 9 heteroatoms. The molecule has 3 aliphatic rings. The Balaban J connectivity index is 1.27. The first-order chi connectivity index (χ1) is 17.6. The lowest BCUT2D eigenvalue weighted by Crippen LogP contribution is -2.30. The van der Waals surface area contributed by atoms with E-state index in [4.69, 9.17) is 9.72 Å². The van der Waals surface area contributed by atoms with Crippen LogP contribution in [0.1, 0.15) is 33.1 Å². The molecule has 6 heterocycles. The first-order valence-electron chi connectivity index (χ1n) is 12.1. The van der Waals surface area contributed by atoms with E-state index in [1.54, 1.807) is 6.20 Å². The first kappa shape index (κ1) is 21.1. The van der Waals surface area contributed by atoms with Crippen molar-refractivity contribution in [1.82, 2.24) is 25.2 Å². The highest BCUT2D eigenvalue weighted by Crippen LogP contribution is 2.39. The van der Waals surface area contributed by atoms with Crippen molar-refractivity contribution in [2.75, 3.05) is 18.5 Å². The van der Waals surface area contributed by atoms with Gasteiger partial charge in [-0.05, 0) is 46.5 Å². The molecule has 2 atom stereocenters. The van der Waals surface area contributed by atoms with Crippen LogP contribution >= 0.6 is 0 Å². The minimum atomic E-state index is -0.171. The summed E-state index contributed by atoms with van der Waals surface area (Å²) in [5.74, 6) is 0.382. The second-order valence-electron chi connectivity index (χ2n) is 9.55. The molecule has 0 bridgehead atoms. The van der Waals surface area contributed by atoms with Gasteiger partial charge in [0.05, 0.1) is 42.6 Å². The third kappa shape index (κ3) is 3.12. The number of aryl methyl sites for hydroxylation is 1. The molecule has 1 saturated heterocycles. The van der Waals surface area contributed by atoms with E-state index in [0.717, 1.165) is 39.0 Å². The number of nitrogens with zero attached hydrogens (tertiary/aromatic N) is 3. The number of anilines is 2. The van der Waals surface area contributed by atoms with E-state index in [2.05, 4.69) is 27.0 Å². The van der Waals surface area contributed by atoms with Crippen molar-refractivity contribution in [3.8, 4) is 11.1 Å². The summed E-state index contributed by atoms with van der Waals surface area (Å²) in [4.78, 5) is 34.7. The van der Waals surface area contributed by atoms with Crippen LogP contribution in [0.3, 0.4) is 0 Å². The number of carbonyl (C=O) groups excluding carboxylic acids is 2. The lowest BCUT2D eigenvalue weighted by Gasteiger charge is -2.17. The highest BCUT2D eigenvalue weighted by molar-refractivity contribution is 6.07. The fraction of sp³-hybridized carbons (Fsp3) is 0.259. The number of pyridine rings is 2. The second-order valence-corrected chi connectivity index (χ2v) is 9.55. The predicted octanol–water partition coefficient (Wildman–Crippen LogP) is 2.98. The molecule has 0 radical (unpaired) electrons. The zero-order valence-electron chi connectivity index (χ0n) is 19.7. The van der Waals surface area contributed by atoms with Crippen LogP contribution in [-0.2, 0) is 29.7 Å². The summed E-state index contributed by atoms with van der Waals surface area (Å²) in [5.41, 5.74) is 7.12. The molecule has 0 spiro atoms. The van der Waals surface area contributed by atoms with Crippen LogP contribution in [-0.4, -0.2) is 39.6 Å². The second kappa shape index (κ2) is 7.89. The summed E-state index contributed by atoms with van der Waals surface area (Å²) in [6.45, 7) is 1.81. The average Bonchev–Trinajstić information content (AvgIpc) is 3.61. The number of hydrogen-bond acceptors (Lipinski definition) is 6. The molecule has 36 heavy (non-hydrogen) atoms. The fourth-order valence-corrected chi connectivity index (χ4v) is 5.72. The zero-order chi connectivity index (χ0) is 24.4. The average molecular weight is 481 g/mol. The van der Waals surface area contributed by atoms with E-state index in [1.165, 1.54) is 0 Å². The summed E-state index contributed by atoms with van der Waals surface area (Å²) in [6.07, 6.45) is 3.80. The monoisotopic (exact) mass is 480 g/mol. The van der Waals surface area contributed by atoms with Crippen molar-refractivity contribution in [1.29, 1.82) is 0 Å². The van der Waals surface area contributed by atoms with Crippen molar-refractivity contribution >= 4 is 34.4 Å². The Morgan fingerprint density at radius 2 is 1.89 bits per heavy atom. The number of fused-ring (bicyclic) bond motifs is 5. The Morgan fingerprint density at radius 3 is 2.81 bits per heavy atom. The SMILES string of the molecule is Cn1ccc2c(-c3ccc(Nc4ccc5c(n4)CNC(=O)[C@H]4COC[C@H]54)c4c3CNC4=O)ccnc21.